The van der Waals surface area contributed by atoms with Crippen molar-refractivity contribution < 1.29 is 0 Å². The zero-order valence-corrected chi connectivity index (χ0v) is 9.24. The van der Waals surface area contributed by atoms with Crippen LogP contribution in [0, 0.1) is 0 Å². The highest BCUT2D eigenvalue weighted by Crippen LogP contribution is 2.14. The number of hydrogen-bond donors (Lipinski definition) is 1. The fourth-order valence-corrected chi connectivity index (χ4v) is 1.88. The molecule has 1 aromatic carbocycles. The number of nitrogens with zero attached hydrogens (tertiary/aromatic N) is 7. The molecular weight excluding hydrogens is 240 g/mol. The maximum Gasteiger partial charge on any atom is 0.263 e. The molecule has 0 bridgehead atoms. The van der Waals surface area contributed by atoms with Crippen molar-refractivity contribution in [2.24, 2.45) is 5.10 Å². The molecule has 9 heteroatoms. The predicted molar refractivity (Wildman–Crippen MR) is 62.6 cm³/mol. The summed E-state index contributed by atoms with van der Waals surface area (Å²) in [6.45, 7) is 0. The molecule has 17 heavy (non-hydrogen) atoms. The van der Waals surface area contributed by atoms with Gasteiger partial charge in [0.15, 0.2) is 0 Å². The molecule has 0 saturated heterocycles. The van der Waals surface area contributed by atoms with Gasteiger partial charge in [-0.05, 0) is 16.5 Å². The maximum absolute atomic E-state index is 5.48. The number of nitrogen functional groups attached to an aromatic ring is 1. The molecule has 2 N–H and O–H groups in total. The van der Waals surface area contributed by atoms with Crippen molar-refractivity contribution in [3.63, 3.8) is 0 Å². The summed E-state index contributed by atoms with van der Waals surface area (Å²) >= 11 is 1.16. The first-order valence-corrected chi connectivity index (χ1v) is 5.37. The topological polar surface area (TPSA) is 108 Å². The molecule has 0 aliphatic heterocycles. The first kappa shape index (κ1) is 9.78. The van der Waals surface area contributed by atoms with Crippen molar-refractivity contribution in [1.29, 1.82) is 0 Å². The molecule has 3 rings (SSSR count). The summed E-state index contributed by atoms with van der Waals surface area (Å²) < 4.78 is 8.33. The van der Waals surface area contributed by atoms with Crippen LogP contribution in [0.4, 0.5) is 5.95 Å². The largest absolute Gasteiger partial charge is 0.365 e. The van der Waals surface area contributed by atoms with Gasteiger partial charge in [0.1, 0.15) is 11.0 Å². The molecule has 0 spiro atoms. The average Bonchev–Trinajstić information content (AvgIpc) is 2.95. The Bertz CT molecular complexity index is 683. The van der Waals surface area contributed by atoms with E-state index in [-0.39, 0.29) is 5.95 Å². The van der Waals surface area contributed by atoms with E-state index in [2.05, 4.69) is 29.4 Å². The van der Waals surface area contributed by atoms with Crippen LogP contribution in [0.1, 0.15) is 5.56 Å². The highest BCUT2D eigenvalue weighted by atomic mass is 32.1. The second kappa shape index (κ2) is 3.87. The number of rotatable bonds is 2. The van der Waals surface area contributed by atoms with Crippen molar-refractivity contribution in [3.05, 3.63) is 23.8 Å². The number of anilines is 1. The molecule has 2 aromatic heterocycles. The molecule has 0 fully saturated rings. The van der Waals surface area contributed by atoms with Gasteiger partial charge in [0, 0.05) is 5.56 Å². The van der Waals surface area contributed by atoms with Gasteiger partial charge in [0.05, 0.1) is 17.9 Å². The quantitative estimate of drug-likeness (QED) is 0.644. The smallest absolute Gasteiger partial charge is 0.263 e. The third kappa shape index (κ3) is 1.72. The van der Waals surface area contributed by atoms with Crippen LogP contribution in [0.2, 0.25) is 0 Å². The minimum absolute atomic E-state index is 0.129. The molecule has 0 unspecified atom stereocenters. The number of hydrogen-bond acceptors (Lipinski definition) is 8. The summed E-state index contributed by atoms with van der Waals surface area (Å²) in [6, 6.07) is 5.66. The maximum atomic E-state index is 5.48. The van der Waals surface area contributed by atoms with Crippen LogP contribution in [-0.4, -0.2) is 35.3 Å². The Labute approximate surface area is 99.1 Å². The van der Waals surface area contributed by atoms with E-state index in [4.69, 9.17) is 5.73 Å². The van der Waals surface area contributed by atoms with Crippen LogP contribution in [0.25, 0.3) is 11.0 Å². The Morgan fingerprint density at radius 2 is 2.29 bits per heavy atom. The molecule has 84 valence electrons. The zero-order chi connectivity index (χ0) is 11.7. The monoisotopic (exact) mass is 246 g/mol. The summed E-state index contributed by atoms with van der Waals surface area (Å²) in [7, 11) is 0. The number of benzene rings is 1. The van der Waals surface area contributed by atoms with Gasteiger partial charge in [-0.2, -0.15) is 13.8 Å². The number of tetrazole rings is 1. The van der Waals surface area contributed by atoms with Crippen molar-refractivity contribution in [1.82, 2.24) is 29.1 Å². The van der Waals surface area contributed by atoms with E-state index >= 15 is 0 Å². The van der Waals surface area contributed by atoms with Crippen molar-refractivity contribution in [2.45, 2.75) is 0 Å². The first-order valence-electron chi connectivity index (χ1n) is 4.64. The summed E-state index contributed by atoms with van der Waals surface area (Å²) in [5, 5.41) is 14.5. The lowest BCUT2D eigenvalue weighted by atomic mass is 10.2. The van der Waals surface area contributed by atoms with Crippen LogP contribution in [0.15, 0.2) is 23.3 Å². The standard InChI is InChI=1S/C8H6N8S/c9-8-11-14-15-16(8)10-4-5-2-1-3-6-7(5)13-17-12-6/h1-4H,(H2,9,11,15). The number of nitrogens with two attached hydrogens (primary N) is 1. The van der Waals surface area contributed by atoms with Crippen LogP contribution < -0.4 is 5.73 Å². The van der Waals surface area contributed by atoms with E-state index in [1.165, 1.54) is 0 Å². The summed E-state index contributed by atoms with van der Waals surface area (Å²) in [5.74, 6) is 0.129. The summed E-state index contributed by atoms with van der Waals surface area (Å²) in [6.07, 6.45) is 1.59. The lowest BCUT2D eigenvalue weighted by Gasteiger charge is -1.93. The predicted octanol–water partition coefficient (Wildman–Crippen LogP) is 0.142. The molecule has 8 nitrogen and oxygen atoms in total. The molecule has 3 aromatic rings. The number of fused-ring (bicyclic) bond motifs is 1. The van der Waals surface area contributed by atoms with E-state index < -0.39 is 0 Å². The second-order valence-electron chi connectivity index (χ2n) is 3.15. The van der Waals surface area contributed by atoms with E-state index in [1.54, 1.807) is 6.21 Å². The summed E-state index contributed by atoms with van der Waals surface area (Å²) in [4.78, 5) is 1.14. The van der Waals surface area contributed by atoms with Crippen LogP contribution in [0.3, 0.4) is 0 Å². The minimum atomic E-state index is 0.129. The molecule has 0 atom stereocenters. The summed E-state index contributed by atoms with van der Waals surface area (Å²) in [5.41, 5.74) is 7.96. The van der Waals surface area contributed by atoms with E-state index in [1.807, 2.05) is 18.2 Å². The Balaban J connectivity index is 2.03. The average molecular weight is 246 g/mol. The molecular formula is C8H6N8S. The van der Waals surface area contributed by atoms with E-state index in [9.17, 15) is 0 Å². The van der Waals surface area contributed by atoms with Gasteiger partial charge < -0.3 is 5.73 Å². The highest BCUT2D eigenvalue weighted by Gasteiger charge is 2.03. The van der Waals surface area contributed by atoms with Gasteiger partial charge in [-0.15, -0.1) is 0 Å². The minimum Gasteiger partial charge on any atom is -0.365 e. The van der Waals surface area contributed by atoms with Gasteiger partial charge in [-0.25, -0.2) is 0 Å². The Kier molecular flexibility index (Phi) is 2.22. The lowest BCUT2D eigenvalue weighted by molar-refractivity contribution is 0.700. The third-order valence-electron chi connectivity index (χ3n) is 2.10. The molecule has 0 saturated carbocycles. The molecule has 0 aliphatic rings. The Morgan fingerprint density at radius 3 is 3.12 bits per heavy atom. The van der Waals surface area contributed by atoms with Gasteiger partial charge in [0.25, 0.3) is 5.95 Å². The molecule has 0 aliphatic carbocycles. The van der Waals surface area contributed by atoms with E-state index in [0.29, 0.717) is 0 Å². The van der Waals surface area contributed by atoms with Crippen molar-refractivity contribution >= 4 is 34.9 Å². The SMILES string of the molecule is Nc1nnnn1N=Cc1cccc2nsnc12. The first-order chi connectivity index (χ1) is 8.34. The number of aromatic nitrogens is 6. The third-order valence-corrected chi connectivity index (χ3v) is 2.64. The van der Waals surface area contributed by atoms with Gasteiger partial charge in [-0.1, -0.05) is 22.0 Å². The lowest BCUT2D eigenvalue weighted by Crippen LogP contribution is -1.99. The van der Waals surface area contributed by atoms with Crippen molar-refractivity contribution in [3.8, 4) is 0 Å². The van der Waals surface area contributed by atoms with Crippen LogP contribution in [0.5, 0.6) is 0 Å². The Morgan fingerprint density at radius 1 is 1.35 bits per heavy atom. The Hall–Kier alpha value is -2.42. The van der Waals surface area contributed by atoms with Crippen LogP contribution >= 0.6 is 11.7 Å². The fraction of sp³-hybridized carbons (Fsp3) is 0. The molecule has 2 heterocycles. The molecule has 0 radical (unpaired) electrons. The van der Waals surface area contributed by atoms with Crippen molar-refractivity contribution in [2.75, 3.05) is 5.73 Å². The van der Waals surface area contributed by atoms with Gasteiger partial charge in [-0.3, -0.25) is 0 Å². The molecule has 0 amide bonds. The van der Waals surface area contributed by atoms with E-state index in [0.717, 1.165) is 33.1 Å². The highest BCUT2D eigenvalue weighted by molar-refractivity contribution is 7.00. The fourth-order valence-electron chi connectivity index (χ4n) is 1.32. The van der Waals surface area contributed by atoms with Gasteiger partial charge in [0.2, 0.25) is 0 Å². The van der Waals surface area contributed by atoms with Gasteiger partial charge >= 0.3 is 0 Å². The van der Waals surface area contributed by atoms with Crippen LogP contribution in [-0.2, 0) is 0 Å². The zero-order valence-electron chi connectivity index (χ0n) is 8.43. The normalized spacial score (nSPS) is 11.5. The second-order valence-corrected chi connectivity index (χ2v) is 3.68.